The number of hydrogen-bond acceptors (Lipinski definition) is 3. The van der Waals surface area contributed by atoms with Crippen LogP contribution >= 0.6 is 0 Å². The molecule has 0 aromatic rings. The van der Waals surface area contributed by atoms with E-state index in [1.165, 1.54) is 6.42 Å². The van der Waals surface area contributed by atoms with Crippen molar-refractivity contribution in [1.82, 2.24) is 9.80 Å². The Morgan fingerprint density at radius 3 is 2.39 bits per heavy atom. The lowest BCUT2D eigenvalue weighted by Crippen LogP contribution is -2.51. The van der Waals surface area contributed by atoms with E-state index in [1.807, 2.05) is 16.7 Å². The second-order valence-electron chi connectivity index (χ2n) is 5.30. The van der Waals surface area contributed by atoms with Gasteiger partial charge >= 0.3 is 5.97 Å². The van der Waals surface area contributed by atoms with Gasteiger partial charge in [0.15, 0.2) is 0 Å². The normalized spacial score (nSPS) is 27.2. The summed E-state index contributed by atoms with van der Waals surface area (Å²) < 4.78 is 0. The molecular weight excluding hydrogens is 232 g/mol. The molecule has 0 radical (unpaired) electrons. The van der Waals surface area contributed by atoms with E-state index in [4.69, 9.17) is 5.11 Å². The van der Waals surface area contributed by atoms with Crippen LogP contribution in [0.25, 0.3) is 0 Å². The number of amides is 1. The highest BCUT2D eigenvalue weighted by Gasteiger charge is 2.37. The Labute approximate surface area is 108 Å². The van der Waals surface area contributed by atoms with Crippen molar-refractivity contribution in [1.29, 1.82) is 0 Å². The molecule has 1 N–H and O–H groups in total. The van der Waals surface area contributed by atoms with E-state index in [2.05, 4.69) is 0 Å². The fraction of sp³-hybridized carbons (Fsp3) is 0.846. The Morgan fingerprint density at radius 1 is 1.11 bits per heavy atom. The average Bonchev–Trinajstić information content (AvgIpc) is 2.87. The third-order valence-electron chi connectivity index (χ3n) is 4.10. The van der Waals surface area contributed by atoms with Crippen LogP contribution in [0.4, 0.5) is 0 Å². The van der Waals surface area contributed by atoms with Gasteiger partial charge in [0.1, 0.15) is 6.04 Å². The standard InChI is InChI=1S/C13H22N2O3/c1-10(12(16)14-7-3-2-4-8-14)15-9-5-6-11(15)13(17)18/h10-11H,2-9H2,1H3,(H,17,18). The molecule has 2 atom stereocenters. The van der Waals surface area contributed by atoms with Gasteiger partial charge in [0, 0.05) is 13.1 Å². The van der Waals surface area contributed by atoms with Crippen LogP contribution in [0.1, 0.15) is 39.0 Å². The molecule has 0 bridgehead atoms. The van der Waals surface area contributed by atoms with Crippen molar-refractivity contribution in [2.24, 2.45) is 0 Å². The molecular formula is C13H22N2O3. The molecule has 1 amide bonds. The van der Waals surface area contributed by atoms with Crippen LogP contribution in [0.15, 0.2) is 0 Å². The molecule has 0 spiro atoms. The van der Waals surface area contributed by atoms with Gasteiger partial charge in [0.2, 0.25) is 5.91 Å². The molecule has 2 saturated heterocycles. The van der Waals surface area contributed by atoms with Gasteiger partial charge in [0.05, 0.1) is 6.04 Å². The summed E-state index contributed by atoms with van der Waals surface area (Å²) in [6.45, 7) is 4.22. The third-order valence-corrected chi connectivity index (χ3v) is 4.10. The average molecular weight is 254 g/mol. The summed E-state index contributed by atoms with van der Waals surface area (Å²) >= 11 is 0. The van der Waals surface area contributed by atoms with Crippen LogP contribution in [0, 0.1) is 0 Å². The van der Waals surface area contributed by atoms with E-state index in [1.54, 1.807) is 0 Å². The largest absolute Gasteiger partial charge is 0.480 e. The number of hydrogen-bond donors (Lipinski definition) is 1. The first-order valence-corrected chi connectivity index (χ1v) is 6.88. The van der Waals surface area contributed by atoms with Gasteiger partial charge in [-0.1, -0.05) is 0 Å². The van der Waals surface area contributed by atoms with Crippen molar-refractivity contribution >= 4 is 11.9 Å². The van der Waals surface area contributed by atoms with Crippen molar-refractivity contribution in [3.05, 3.63) is 0 Å². The first kappa shape index (κ1) is 13.3. The summed E-state index contributed by atoms with van der Waals surface area (Å²) in [7, 11) is 0. The minimum absolute atomic E-state index is 0.0999. The second-order valence-corrected chi connectivity index (χ2v) is 5.30. The van der Waals surface area contributed by atoms with E-state index in [-0.39, 0.29) is 11.9 Å². The van der Waals surface area contributed by atoms with Gasteiger partial charge in [0.25, 0.3) is 0 Å². The lowest BCUT2D eigenvalue weighted by Gasteiger charge is -2.34. The minimum atomic E-state index is -0.800. The highest BCUT2D eigenvalue weighted by Crippen LogP contribution is 2.22. The van der Waals surface area contributed by atoms with E-state index < -0.39 is 12.0 Å². The maximum atomic E-state index is 12.3. The van der Waals surface area contributed by atoms with E-state index in [0.29, 0.717) is 6.42 Å². The van der Waals surface area contributed by atoms with Gasteiger partial charge in [-0.15, -0.1) is 0 Å². The second kappa shape index (κ2) is 5.69. The van der Waals surface area contributed by atoms with Crippen LogP contribution in [-0.2, 0) is 9.59 Å². The van der Waals surface area contributed by atoms with E-state index in [0.717, 1.165) is 38.9 Å². The van der Waals surface area contributed by atoms with Gasteiger partial charge in [-0.3, -0.25) is 14.5 Å². The van der Waals surface area contributed by atoms with Gasteiger partial charge < -0.3 is 10.0 Å². The molecule has 0 aliphatic carbocycles. The lowest BCUT2D eigenvalue weighted by atomic mass is 10.1. The number of carbonyl (C=O) groups excluding carboxylic acids is 1. The van der Waals surface area contributed by atoms with Crippen molar-refractivity contribution in [3.63, 3.8) is 0 Å². The van der Waals surface area contributed by atoms with Crippen LogP contribution in [-0.4, -0.2) is 58.5 Å². The summed E-state index contributed by atoms with van der Waals surface area (Å²) in [5.74, 6) is -0.700. The maximum absolute atomic E-state index is 12.3. The molecule has 0 saturated carbocycles. The lowest BCUT2D eigenvalue weighted by molar-refractivity contribution is -0.146. The fourth-order valence-corrected chi connectivity index (χ4v) is 3.04. The van der Waals surface area contributed by atoms with Gasteiger partial charge in [-0.25, -0.2) is 0 Å². The molecule has 2 unspecified atom stereocenters. The predicted octanol–water partition coefficient (Wildman–Crippen LogP) is 0.936. The highest BCUT2D eigenvalue weighted by molar-refractivity contribution is 5.83. The molecule has 0 aromatic heterocycles. The highest BCUT2D eigenvalue weighted by atomic mass is 16.4. The minimum Gasteiger partial charge on any atom is -0.480 e. The van der Waals surface area contributed by atoms with E-state index in [9.17, 15) is 9.59 Å². The smallest absolute Gasteiger partial charge is 0.320 e. The number of aliphatic carboxylic acids is 1. The zero-order valence-electron chi connectivity index (χ0n) is 11.0. The van der Waals surface area contributed by atoms with Crippen LogP contribution < -0.4 is 0 Å². The van der Waals surface area contributed by atoms with Crippen LogP contribution in [0.5, 0.6) is 0 Å². The monoisotopic (exact) mass is 254 g/mol. The topological polar surface area (TPSA) is 60.9 Å². The van der Waals surface area contributed by atoms with Gasteiger partial charge in [-0.2, -0.15) is 0 Å². The SMILES string of the molecule is CC(C(=O)N1CCCCC1)N1CCCC1C(=O)O. The summed E-state index contributed by atoms with van der Waals surface area (Å²) in [6, 6.07) is -0.777. The zero-order valence-corrected chi connectivity index (χ0v) is 11.0. The van der Waals surface area contributed by atoms with Crippen molar-refractivity contribution in [2.45, 2.75) is 51.1 Å². The summed E-state index contributed by atoms with van der Waals surface area (Å²) in [6.07, 6.45) is 4.86. The molecule has 5 nitrogen and oxygen atoms in total. The molecule has 0 aromatic carbocycles. The fourth-order valence-electron chi connectivity index (χ4n) is 3.04. The Hall–Kier alpha value is -1.10. The zero-order chi connectivity index (χ0) is 13.1. The molecule has 5 heteroatoms. The number of rotatable bonds is 3. The first-order valence-electron chi connectivity index (χ1n) is 6.88. The quantitative estimate of drug-likeness (QED) is 0.814. The molecule has 2 fully saturated rings. The molecule has 2 heterocycles. The molecule has 2 aliphatic rings. The van der Waals surface area contributed by atoms with Crippen LogP contribution in [0.2, 0.25) is 0 Å². The Balaban J connectivity index is 1.98. The Kier molecular flexibility index (Phi) is 4.22. The van der Waals surface area contributed by atoms with Crippen LogP contribution in [0.3, 0.4) is 0 Å². The molecule has 102 valence electrons. The van der Waals surface area contributed by atoms with E-state index >= 15 is 0 Å². The number of carboxylic acid groups (broad SMARTS) is 1. The third kappa shape index (κ3) is 2.66. The number of piperidine rings is 1. The van der Waals surface area contributed by atoms with Crippen molar-refractivity contribution in [3.8, 4) is 0 Å². The Morgan fingerprint density at radius 2 is 1.78 bits per heavy atom. The summed E-state index contributed by atoms with van der Waals surface area (Å²) in [4.78, 5) is 27.2. The predicted molar refractivity (Wildman–Crippen MR) is 67.3 cm³/mol. The summed E-state index contributed by atoms with van der Waals surface area (Å²) in [5.41, 5.74) is 0. The summed E-state index contributed by atoms with van der Waals surface area (Å²) in [5, 5.41) is 9.16. The van der Waals surface area contributed by atoms with Crippen molar-refractivity contribution in [2.75, 3.05) is 19.6 Å². The van der Waals surface area contributed by atoms with Crippen molar-refractivity contribution < 1.29 is 14.7 Å². The number of likely N-dealkylation sites (tertiary alicyclic amines) is 2. The Bertz CT molecular complexity index is 326. The number of carbonyl (C=O) groups is 2. The first-order chi connectivity index (χ1) is 8.61. The maximum Gasteiger partial charge on any atom is 0.320 e. The number of carboxylic acids is 1. The molecule has 2 aliphatic heterocycles. The molecule has 18 heavy (non-hydrogen) atoms. The molecule has 2 rings (SSSR count). The number of nitrogens with zero attached hydrogens (tertiary/aromatic N) is 2. The van der Waals surface area contributed by atoms with Gasteiger partial charge in [-0.05, 0) is 45.6 Å².